The number of hydrogen-bond acceptors (Lipinski definition) is 8. The summed E-state index contributed by atoms with van der Waals surface area (Å²) in [6.45, 7) is 0. The minimum Gasteiger partial charge on any atom is -0.282 e. The van der Waals surface area contributed by atoms with Crippen LogP contribution in [0.2, 0.25) is 0 Å². The molecule has 0 bridgehead atoms. The van der Waals surface area contributed by atoms with E-state index < -0.39 is 46.8 Å². The molecule has 1 rings (SSSR count). The number of hydrogen-bond donors (Lipinski definition) is 1. The molecular weight excluding hydrogens is 313 g/mol. The van der Waals surface area contributed by atoms with Gasteiger partial charge < -0.3 is 0 Å². The Morgan fingerprint density at radius 1 is 0.900 bits per heavy atom. The fourth-order valence-corrected chi connectivity index (χ4v) is 1.92. The molecule has 12 nitrogen and oxygen atoms in total. The van der Waals surface area contributed by atoms with E-state index in [1.807, 2.05) is 0 Å². The van der Waals surface area contributed by atoms with Crippen LogP contribution in [0.4, 0.5) is 17.1 Å². The average Bonchev–Trinajstić information content (AvgIpc) is 2.25. The monoisotopic (exact) mass is 316 g/mol. The van der Waals surface area contributed by atoms with Gasteiger partial charge in [-0.1, -0.05) is 0 Å². The molecule has 0 saturated carbocycles. The summed E-state index contributed by atoms with van der Waals surface area (Å²) in [7, 11) is -5.15. The maximum Gasteiger partial charge on any atom is 0.423 e. The Hall–Kier alpha value is -1.67. The molecule has 0 aliphatic rings. The Morgan fingerprint density at radius 3 is 1.65 bits per heavy atom. The zero-order valence-electron chi connectivity index (χ0n) is 9.62. The Morgan fingerprint density at radius 2 is 1.35 bits per heavy atom. The second-order valence-corrected chi connectivity index (χ2v) is 4.42. The number of nitro groups is 3. The van der Waals surface area contributed by atoms with Gasteiger partial charge in [0.15, 0.2) is 4.90 Å². The summed E-state index contributed by atoms with van der Waals surface area (Å²) in [5.74, 6) is 0. The predicted octanol–water partition coefficient (Wildman–Crippen LogP) is 0.277. The van der Waals surface area contributed by atoms with Crippen molar-refractivity contribution in [1.29, 1.82) is 0 Å². The normalized spacial score (nSPS) is 10.4. The number of benzene rings is 1. The van der Waals surface area contributed by atoms with Crippen molar-refractivity contribution in [2.24, 2.45) is 0 Å². The van der Waals surface area contributed by atoms with Crippen molar-refractivity contribution >= 4 is 56.7 Å². The van der Waals surface area contributed by atoms with Crippen LogP contribution in [0.5, 0.6) is 0 Å². The number of rotatable bonds is 4. The van der Waals surface area contributed by atoms with Gasteiger partial charge in [0.2, 0.25) is 0 Å². The van der Waals surface area contributed by atoms with E-state index in [9.17, 15) is 38.8 Å². The molecular formula is C6H3N3NaO9S. The fourth-order valence-electron chi connectivity index (χ4n) is 1.26. The third kappa shape index (κ3) is 3.45. The van der Waals surface area contributed by atoms with Crippen molar-refractivity contribution < 1.29 is 27.7 Å². The second-order valence-electron chi connectivity index (χ2n) is 3.03. The van der Waals surface area contributed by atoms with Crippen LogP contribution in [0.15, 0.2) is 17.0 Å². The molecule has 0 aliphatic carbocycles. The maximum atomic E-state index is 10.9. The number of nitro benzene ring substituents is 3. The van der Waals surface area contributed by atoms with Gasteiger partial charge in [-0.2, -0.15) is 8.42 Å². The van der Waals surface area contributed by atoms with Crippen molar-refractivity contribution in [1.82, 2.24) is 0 Å². The first-order valence-corrected chi connectivity index (χ1v) is 5.59. The minimum absolute atomic E-state index is 0. The standard InChI is InChI=1S/C6H3N3O9S.Na/c10-7(11)3-1-2-4(19(16,17)18)6(9(14)15)5(3)8(12)13;/h1-2H,(H,16,17,18);. The van der Waals surface area contributed by atoms with Gasteiger partial charge in [-0.25, -0.2) is 0 Å². The van der Waals surface area contributed by atoms with Gasteiger partial charge in [0, 0.05) is 35.6 Å². The van der Waals surface area contributed by atoms with Gasteiger partial charge in [0.25, 0.3) is 0 Å². The molecule has 103 valence electrons. The van der Waals surface area contributed by atoms with Crippen molar-refractivity contribution in [2.75, 3.05) is 0 Å². The summed E-state index contributed by atoms with van der Waals surface area (Å²) < 4.78 is 30.5. The fraction of sp³-hybridized carbons (Fsp3) is 0. The molecule has 1 N–H and O–H groups in total. The molecule has 0 aliphatic heterocycles. The minimum atomic E-state index is -5.15. The SMILES string of the molecule is O=[N+]([O-])c1ccc(S(=O)(=O)O)c([N+](=O)[O-])c1[N+](=O)[O-].[Na]. The first-order chi connectivity index (χ1) is 8.57. The van der Waals surface area contributed by atoms with Gasteiger partial charge in [0.05, 0.1) is 14.8 Å². The third-order valence-corrected chi connectivity index (χ3v) is 2.82. The first-order valence-electron chi connectivity index (χ1n) is 4.15. The van der Waals surface area contributed by atoms with E-state index in [0.717, 1.165) is 0 Å². The van der Waals surface area contributed by atoms with Crippen LogP contribution in [0, 0.1) is 30.3 Å². The van der Waals surface area contributed by atoms with Crippen LogP contribution >= 0.6 is 0 Å². The first kappa shape index (κ1) is 18.3. The molecule has 0 atom stereocenters. The molecule has 0 aromatic heterocycles. The van der Waals surface area contributed by atoms with Gasteiger partial charge in [0.1, 0.15) is 0 Å². The van der Waals surface area contributed by atoms with Crippen LogP contribution in [0.1, 0.15) is 0 Å². The largest absolute Gasteiger partial charge is 0.423 e. The Labute approximate surface area is 131 Å². The Kier molecular flexibility index (Phi) is 5.67. The zero-order chi connectivity index (χ0) is 15.0. The number of nitrogens with zero attached hydrogens (tertiary/aromatic N) is 3. The molecule has 0 heterocycles. The van der Waals surface area contributed by atoms with Gasteiger partial charge in [-0.15, -0.1) is 0 Å². The van der Waals surface area contributed by atoms with E-state index in [1.54, 1.807) is 0 Å². The van der Waals surface area contributed by atoms with E-state index in [-0.39, 0.29) is 29.6 Å². The van der Waals surface area contributed by atoms with Crippen LogP contribution in [0.3, 0.4) is 0 Å². The average molecular weight is 316 g/mol. The molecule has 0 saturated heterocycles. The van der Waals surface area contributed by atoms with Crippen LogP contribution in [0.25, 0.3) is 0 Å². The van der Waals surface area contributed by atoms with E-state index >= 15 is 0 Å². The van der Waals surface area contributed by atoms with Crippen molar-refractivity contribution in [2.45, 2.75) is 4.90 Å². The smallest absolute Gasteiger partial charge is 0.282 e. The van der Waals surface area contributed by atoms with Crippen LogP contribution in [-0.2, 0) is 10.1 Å². The molecule has 0 fully saturated rings. The molecule has 1 radical (unpaired) electrons. The van der Waals surface area contributed by atoms with Crippen molar-refractivity contribution in [3.05, 3.63) is 42.5 Å². The van der Waals surface area contributed by atoms with Crippen molar-refractivity contribution in [3.8, 4) is 0 Å². The molecule has 20 heavy (non-hydrogen) atoms. The van der Waals surface area contributed by atoms with E-state index in [2.05, 4.69) is 0 Å². The Balaban J connectivity index is 0.00000361. The summed E-state index contributed by atoms with van der Waals surface area (Å²) in [5.41, 5.74) is -4.55. The Bertz CT molecular complexity index is 700. The second kappa shape index (κ2) is 6.19. The molecule has 0 unspecified atom stereocenters. The van der Waals surface area contributed by atoms with Crippen LogP contribution in [-0.4, -0.2) is 57.3 Å². The summed E-state index contributed by atoms with van der Waals surface area (Å²) >= 11 is 0. The van der Waals surface area contributed by atoms with Gasteiger partial charge in [-0.3, -0.25) is 34.9 Å². The van der Waals surface area contributed by atoms with Crippen LogP contribution < -0.4 is 0 Å². The maximum absolute atomic E-state index is 10.9. The zero-order valence-corrected chi connectivity index (χ0v) is 12.4. The third-order valence-electron chi connectivity index (χ3n) is 1.93. The molecule has 1 aromatic rings. The topological polar surface area (TPSA) is 184 Å². The van der Waals surface area contributed by atoms with Gasteiger partial charge >= 0.3 is 27.2 Å². The predicted molar refractivity (Wildman–Crippen MR) is 62.0 cm³/mol. The van der Waals surface area contributed by atoms with E-state index in [0.29, 0.717) is 12.1 Å². The molecule has 1 aromatic carbocycles. The molecule has 0 spiro atoms. The van der Waals surface area contributed by atoms with E-state index in [4.69, 9.17) is 4.55 Å². The summed E-state index contributed by atoms with van der Waals surface area (Å²) in [6.07, 6.45) is 0. The van der Waals surface area contributed by atoms with E-state index in [1.165, 1.54) is 0 Å². The van der Waals surface area contributed by atoms with Crippen molar-refractivity contribution in [3.63, 3.8) is 0 Å². The molecule has 0 amide bonds. The molecule has 14 heteroatoms. The summed E-state index contributed by atoms with van der Waals surface area (Å²) in [4.78, 5) is 26.2. The summed E-state index contributed by atoms with van der Waals surface area (Å²) in [6, 6.07) is 0.729. The quantitative estimate of drug-likeness (QED) is 0.352. The summed E-state index contributed by atoms with van der Waals surface area (Å²) in [5, 5.41) is 31.9. The van der Waals surface area contributed by atoms with Gasteiger partial charge in [-0.05, 0) is 6.07 Å².